The molecule has 2 rings (SSSR count). The third kappa shape index (κ3) is 3.40. The van der Waals surface area contributed by atoms with E-state index in [1.54, 1.807) is 0 Å². The van der Waals surface area contributed by atoms with Gasteiger partial charge in [-0.1, -0.05) is 17.0 Å². The van der Waals surface area contributed by atoms with Crippen molar-refractivity contribution in [2.45, 2.75) is 6.54 Å². The van der Waals surface area contributed by atoms with Crippen molar-refractivity contribution in [1.82, 2.24) is 15.5 Å². The van der Waals surface area contributed by atoms with Gasteiger partial charge < -0.3 is 15.6 Å². The van der Waals surface area contributed by atoms with Crippen LogP contribution in [0.3, 0.4) is 0 Å². The highest BCUT2D eigenvalue weighted by Crippen LogP contribution is 2.10. The van der Waals surface area contributed by atoms with Gasteiger partial charge in [-0.25, -0.2) is 4.39 Å². The van der Waals surface area contributed by atoms with E-state index in [4.69, 9.17) is 5.73 Å². The number of amides is 1. The van der Waals surface area contributed by atoms with Crippen LogP contribution in [0.25, 0.3) is 0 Å². The van der Waals surface area contributed by atoms with Crippen LogP contribution in [0.15, 0.2) is 29.1 Å². The van der Waals surface area contributed by atoms with Crippen molar-refractivity contribution >= 4 is 5.91 Å². The summed E-state index contributed by atoms with van der Waals surface area (Å²) in [5.74, 6) is 4.72. The van der Waals surface area contributed by atoms with E-state index < -0.39 is 11.7 Å². The van der Waals surface area contributed by atoms with E-state index in [2.05, 4.69) is 31.8 Å². The Hall–Kier alpha value is -2.72. The Labute approximate surface area is 114 Å². The van der Waals surface area contributed by atoms with Gasteiger partial charge in [-0.05, 0) is 18.2 Å². The molecule has 0 atom stereocenters. The molecule has 0 saturated heterocycles. The Morgan fingerprint density at radius 2 is 2.35 bits per heavy atom. The lowest BCUT2D eigenvalue weighted by Crippen LogP contribution is -2.24. The van der Waals surface area contributed by atoms with Crippen molar-refractivity contribution in [3.63, 3.8) is 0 Å². The minimum Gasteiger partial charge on any atom is -0.345 e. The van der Waals surface area contributed by atoms with Crippen LogP contribution in [0.4, 0.5) is 4.39 Å². The third-order valence-corrected chi connectivity index (χ3v) is 2.37. The first-order valence-corrected chi connectivity index (χ1v) is 5.72. The van der Waals surface area contributed by atoms with E-state index in [0.29, 0.717) is 5.82 Å². The van der Waals surface area contributed by atoms with E-state index in [9.17, 15) is 9.18 Å². The van der Waals surface area contributed by atoms with Gasteiger partial charge in [0.25, 0.3) is 5.91 Å². The molecule has 3 N–H and O–H groups in total. The minimum atomic E-state index is -0.471. The van der Waals surface area contributed by atoms with Crippen molar-refractivity contribution < 1.29 is 13.7 Å². The molecular formula is C13H11FN4O2. The standard InChI is InChI=1S/C13H11FN4O2/c14-10-3-4-11(9(6-10)2-1-5-15)13(19)16-7-12-17-8-20-18-12/h3-4,6,8H,5,7,15H2,(H,16,19). The topological polar surface area (TPSA) is 94.0 Å². The normalized spacial score (nSPS) is 9.70. The average Bonchev–Trinajstić information content (AvgIpc) is 2.96. The highest BCUT2D eigenvalue weighted by Gasteiger charge is 2.11. The Morgan fingerprint density at radius 3 is 3.05 bits per heavy atom. The van der Waals surface area contributed by atoms with Crippen molar-refractivity contribution in [1.29, 1.82) is 0 Å². The molecular weight excluding hydrogens is 263 g/mol. The highest BCUT2D eigenvalue weighted by atomic mass is 19.1. The van der Waals surface area contributed by atoms with E-state index in [0.717, 1.165) is 6.39 Å². The Balaban J connectivity index is 2.16. The summed E-state index contributed by atoms with van der Waals surface area (Å²) in [5, 5.41) is 6.15. The third-order valence-electron chi connectivity index (χ3n) is 2.37. The number of hydrogen-bond acceptors (Lipinski definition) is 5. The molecule has 0 fully saturated rings. The maximum Gasteiger partial charge on any atom is 0.252 e. The maximum absolute atomic E-state index is 13.2. The second kappa shape index (κ2) is 6.45. The molecule has 1 amide bonds. The van der Waals surface area contributed by atoms with Crippen LogP contribution in [0.5, 0.6) is 0 Å². The Bertz CT molecular complexity index is 659. The van der Waals surface area contributed by atoms with Crippen LogP contribution >= 0.6 is 0 Å². The SMILES string of the molecule is NCC#Cc1cc(F)ccc1C(=O)NCc1ncon1. The molecule has 20 heavy (non-hydrogen) atoms. The van der Waals surface area contributed by atoms with Crippen LogP contribution in [-0.4, -0.2) is 22.6 Å². The largest absolute Gasteiger partial charge is 0.345 e. The molecule has 7 heteroatoms. The van der Waals surface area contributed by atoms with Crippen LogP contribution in [0.2, 0.25) is 0 Å². The van der Waals surface area contributed by atoms with Gasteiger partial charge in [0.2, 0.25) is 6.39 Å². The van der Waals surface area contributed by atoms with Gasteiger partial charge in [-0.2, -0.15) is 4.98 Å². The summed E-state index contributed by atoms with van der Waals surface area (Å²) in [4.78, 5) is 15.8. The quantitative estimate of drug-likeness (QED) is 0.792. The van der Waals surface area contributed by atoms with E-state index in [1.807, 2.05) is 0 Å². The van der Waals surface area contributed by atoms with Crippen LogP contribution in [0.1, 0.15) is 21.7 Å². The summed E-state index contributed by atoms with van der Waals surface area (Å²) in [7, 11) is 0. The lowest BCUT2D eigenvalue weighted by atomic mass is 10.1. The summed E-state index contributed by atoms with van der Waals surface area (Å²) < 4.78 is 17.7. The van der Waals surface area contributed by atoms with Crippen LogP contribution < -0.4 is 11.1 Å². The minimum absolute atomic E-state index is 0.108. The van der Waals surface area contributed by atoms with Gasteiger partial charge >= 0.3 is 0 Å². The van der Waals surface area contributed by atoms with Crippen molar-refractivity contribution in [3.8, 4) is 11.8 Å². The zero-order valence-electron chi connectivity index (χ0n) is 10.4. The van der Waals surface area contributed by atoms with Gasteiger partial charge in [0, 0.05) is 5.56 Å². The fourth-order valence-corrected chi connectivity index (χ4v) is 1.49. The molecule has 0 radical (unpaired) electrons. The lowest BCUT2D eigenvalue weighted by molar-refractivity contribution is 0.0949. The van der Waals surface area contributed by atoms with Gasteiger partial charge in [0.1, 0.15) is 5.82 Å². The number of carbonyl (C=O) groups is 1. The molecule has 1 aromatic heterocycles. The van der Waals surface area contributed by atoms with E-state index in [-0.39, 0.29) is 24.2 Å². The number of halogens is 1. The number of nitrogens with zero attached hydrogens (tertiary/aromatic N) is 2. The molecule has 0 aliphatic rings. The zero-order valence-corrected chi connectivity index (χ0v) is 10.4. The van der Waals surface area contributed by atoms with Crippen LogP contribution in [-0.2, 0) is 6.54 Å². The monoisotopic (exact) mass is 274 g/mol. The first kappa shape index (κ1) is 13.7. The van der Waals surface area contributed by atoms with Crippen molar-refractivity contribution in [2.75, 3.05) is 6.54 Å². The fraction of sp³-hybridized carbons (Fsp3) is 0.154. The number of nitrogens with one attached hydrogen (secondary N) is 1. The van der Waals surface area contributed by atoms with Crippen molar-refractivity contribution in [2.24, 2.45) is 5.73 Å². The molecule has 0 aliphatic carbocycles. The average molecular weight is 274 g/mol. The van der Waals surface area contributed by atoms with E-state index >= 15 is 0 Å². The van der Waals surface area contributed by atoms with Gasteiger partial charge in [0.15, 0.2) is 5.82 Å². The first-order chi connectivity index (χ1) is 9.70. The van der Waals surface area contributed by atoms with Gasteiger partial charge in [0.05, 0.1) is 18.7 Å². The van der Waals surface area contributed by atoms with E-state index in [1.165, 1.54) is 18.2 Å². The number of hydrogen-bond donors (Lipinski definition) is 2. The number of benzene rings is 1. The highest BCUT2D eigenvalue weighted by molar-refractivity contribution is 5.96. The Kier molecular flexibility index (Phi) is 4.42. The number of nitrogens with two attached hydrogens (primary N) is 1. The fourth-order valence-electron chi connectivity index (χ4n) is 1.49. The molecule has 1 heterocycles. The second-order valence-corrected chi connectivity index (χ2v) is 3.73. The summed E-state index contributed by atoms with van der Waals surface area (Å²) in [5.41, 5.74) is 5.81. The predicted octanol–water partition coefficient (Wildman–Crippen LogP) is 0.449. The number of carbonyl (C=O) groups excluding carboxylic acids is 1. The maximum atomic E-state index is 13.2. The number of rotatable bonds is 3. The summed E-state index contributed by atoms with van der Waals surface area (Å²) in [6, 6.07) is 3.74. The van der Waals surface area contributed by atoms with Crippen LogP contribution in [0, 0.1) is 17.7 Å². The molecule has 0 aliphatic heterocycles. The molecule has 102 valence electrons. The predicted molar refractivity (Wildman–Crippen MR) is 67.8 cm³/mol. The zero-order chi connectivity index (χ0) is 14.4. The summed E-state index contributed by atoms with van der Waals surface area (Å²) >= 11 is 0. The van der Waals surface area contributed by atoms with Gasteiger partial charge in [-0.3, -0.25) is 4.79 Å². The summed E-state index contributed by atoms with van der Waals surface area (Å²) in [6.45, 7) is 0.233. The lowest BCUT2D eigenvalue weighted by Gasteiger charge is -2.05. The molecule has 6 nitrogen and oxygen atoms in total. The molecule has 0 bridgehead atoms. The smallest absolute Gasteiger partial charge is 0.252 e. The molecule has 0 saturated carbocycles. The molecule has 0 spiro atoms. The molecule has 1 aromatic carbocycles. The molecule has 2 aromatic rings. The molecule has 0 unspecified atom stereocenters. The second-order valence-electron chi connectivity index (χ2n) is 3.73. The van der Waals surface area contributed by atoms with Gasteiger partial charge in [-0.15, -0.1) is 0 Å². The van der Waals surface area contributed by atoms with Crippen molar-refractivity contribution in [3.05, 3.63) is 47.4 Å². The summed E-state index contributed by atoms with van der Waals surface area (Å²) in [6.07, 6.45) is 1.16. The number of aromatic nitrogens is 2. The first-order valence-electron chi connectivity index (χ1n) is 5.72. The Morgan fingerprint density at radius 1 is 1.50 bits per heavy atom.